The van der Waals surface area contributed by atoms with Crippen molar-refractivity contribution in [3.05, 3.63) is 23.8 Å². The van der Waals surface area contributed by atoms with E-state index >= 15 is 0 Å². The highest BCUT2D eigenvalue weighted by atomic mass is 32.2. The highest BCUT2D eigenvalue weighted by Gasteiger charge is 2.20. The number of amides is 1. The van der Waals surface area contributed by atoms with Crippen LogP contribution in [0, 0.1) is 0 Å². The molecule has 0 saturated heterocycles. The van der Waals surface area contributed by atoms with Gasteiger partial charge in [0.15, 0.2) is 11.5 Å². The summed E-state index contributed by atoms with van der Waals surface area (Å²) < 4.78 is 23.0. The maximum Gasteiger partial charge on any atom is 0.326 e. The van der Waals surface area contributed by atoms with Crippen molar-refractivity contribution in [2.75, 3.05) is 24.1 Å². The zero-order valence-electron chi connectivity index (χ0n) is 23.2. The third kappa shape index (κ3) is 15.3. The molecule has 1 amide bonds. The lowest BCUT2D eigenvalue weighted by Gasteiger charge is -2.18. The lowest BCUT2D eigenvalue weighted by atomic mass is 10.1. The molecule has 1 aromatic carbocycles. The van der Waals surface area contributed by atoms with E-state index in [2.05, 4.69) is 19.2 Å². The molecule has 5 N–H and O–H groups in total. The number of hydrogen-bond donors (Lipinski definition) is 4. The first-order valence-corrected chi connectivity index (χ1v) is 15.9. The van der Waals surface area contributed by atoms with Crippen LogP contribution in [0.1, 0.15) is 71.3 Å². The van der Waals surface area contributed by atoms with Crippen molar-refractivity contribution in [2.45, 2.75) is 89.5 Å². The molecule has 0 spiro atoms. The van der Waals surface area contributed by atoms with Crippen molar-refractivity contribution in [3.63, 3.8) is 0 Å². The number of carboxylic acid groups (broad SMARTS) is 2. The van der Waals surface area contributed by atoms with Gasteiger partial charge in [0, 0.05) is 19.1 Å². The fourth-order valence-electron chi connectivity index (χ4n) is 3.70. The Bertz CT molecular complexity index is 889. The van der Waals surface area contributed by atoms with Crippen LogP contribution in [0.3, 0.4) is 0 Å². The first kappa shape index (κ1) is 34.9. The molecule has 0 fully saturated rings. The van der Waals surface area contributed by atoms with Crippen molar-refractivity contribution in [2.24, 2.45) is 5.73 Å². The number of benzene rings is 1. The van der Waals surface area contributed by atoms with Crippen molar-refractivity contribution in [1.82, 2.24) is 5.32 Å². The van der Waals surface area contributed by atoms with E-state index in [1.54, 1.807) is 0 Å². The quantitative estimate of drug-likeness (QED) is 0.147. The minimum Gasteiger partial charge on any atom is -0.616 e. The van der Waals surface area contributed by atoms with E-state index in [1.807, 2.05) is 18.2 Å². The van der Waals surface area contributed by atoms with Gasteiger partial charge in [0.1, 0.15) is 23.1 Å². The maximum absolute atomic E-state index is 12.3. The maximum atomic E-state index is 12.3. The molecule has 4 unspecified atom stereocenters. The number of nitrogens with two attached hydrogens (primary N) is 1. The molecule has 0 aromatic heterocycles. The number of hydrogen-bond acceptors (Lipinski definition) is 8. The Morgan fingerprint density at radius 3 is 2.41 bits per heavy atom. The number of carboxylic acids is 2. The number of aliphatic carboxylic acids is 2. The Balaban J connectivity index is 0.000000406. The van der Waals surface area contributed by atoms with Crippen LogP contribution >= 0.6 is 11.8 Å². The van der Waals surface area contributed by atoms with E-state index in [-0.39, 0.29) is 17.4 Å². The van der Waals surface area contributed by atoms with Gasteiger partial charge >= 0.3 is 11.9 Å². The largest absolute Gasteiger partial charge is 0.616 e. The third-order valence-corrected chi connectivity index (χ3v) is 8.82. The summed E-state index contributed by atoms with van der Waals surface area (Å²) >= 11 is 0.499. The van der Waals surface area contributed by atoms with Gasteiger partial charge in [0.2, 0.25) is 12.7 Å². The van der Waals surface area contributed by atoms with Crippen molar-refractivity contribution in [1.29, 1.82) is 0 Å². The number of carbonyl (C=O) groups is 3. The molecule has 0 bridgehead atoms. The number of carbonyl (C=O) groups excluding carboxylic acids is 1. The van der Waals surface area contributed by atoms with E-state index in [1.165, 1.54) is 56.4 Å². The molecule has 1 aromatic rings. The summed E-state index contributed by atoms with van der Waals surface area (Å²) in [4.78, 5) is 31.8. The predicted octanol–water partition coefficient (Wildman–Crippen LogP) is 3.57. The molecular weight excluding hydrogens is 544 g/mol. The van der Waals surface area contributed by atoms with E-state index in [0.717, 1.165) is 30.1 Å². The van der Waals surface area contributed by atoms with Crippen LogP contribution in [-0.2, 0) is 32.0 Å². The molecule has 1 heterocycles. The Labute approximate surface area is 239 Å². The van der Waals surface area contributed by atoms with E-state index < -0.39 is 41.1 Å². The van der Waals surface area contributed by atoms with Gasteiger partial charge < -0.3 is 35.3 Å². The zero-order chi connectivity index (χ0) is 29.2. The lowest BCUT2D eigenvalue weighted by molar-refractivity contribution is -0.141. The van der Waals surface area contributed by atoms with Gasteiger partial charge in [-0.05, 0) is 49.6 Å². The Hall–Kier alpha value is -2.15. The molecule has 2 rings (SSSR count). The van der Waals surface area contributed by atoms with Crippen molar-refractivity contribution >= 4 is 40.8 Å². The van der Waals surface area contributed by atoms with Gasteiger partial charge in [-0.25, -0.2) is 4.79 Å². The second-order valence-electron chi connectivity index (χ2n) is 9.45. The Kier molecular flexibility index (Phi) is 17.7. The topological polar surface area (TPSA) is 171 Å². The molecule has 222 valence electrons. The number of ether oxygens (including phenoxy) is 2. The number of unbranched alkanes of at least 4 members (excludes halogenated alkanes) is 5. The number of rotatable bonds is 18. The lowest BCUT2D eigenvalue weighted by Crippen LogP contribution is -2.40. The van der Waals surface area contributed by atoms with Crippen LogP contribution < -0.4 is 20.5 Å². The van der Waals surface area contributed by atoms with Crippen LogP contribution in [0.2, 0.25) is 0 Å². The molecule has 1 aliphatic rings. The van der Waals surface area contributed by atoms with Crippen LogP contribution in [0.4, 0.5) is 0 Å². The fourth-order valence-corrected chi connectivity index (χ4v) is 5.94. The van der Waals surface area contributed by atoms with E-state index in [9.17, 15) is 18.9 Å². The summed E-state index contributed by atoms with van der Waals surface area (Å²) in [6.45, 7) is 5.85. The van der Waals surface area contributed by atoms with Crippen LogP contribution in [0.5, 0.6) is 11.5 Å². The monoisotopic (exact) mass is 588 g/mol. The highest BCUT2D eigenvalue weighted by Crippen LogP contribution is 2.33. The Morgan fingerprint density at radius 2 is 1.77 bits per heavy atom. The summed E-state index contributed by atoms with van der Waals surface area (Å²) in [7, 11) is 0. The zero-order valence-corrected chi connectivity index (χ0v) is 24.8. The summed E-state index contributed by atoms with van der Waals surface area (Å²) in [6.07, 6.45) is 8.55. The number of thioether (sulfide) groups is 1. The molecule has 0 radical (unpaired) electrons. The standard InChI is InChI=1S/C18H28O3S.C9H16N2O5S/c1-3-4-5-6-7-8-11-22(19)15(2)12-16-9-10-17-18(13-16)21-14-20-17;1-5(12)11-7(9(15)16)2-3-17-4-6(10)8(13)14/h9-10,13,15H,3-8,11-12,14H2,1-2H3;6-7H,2-4,10H2,1H3,(H,11,12)(H,13,14)(H,15,16). The molecule has 12 heteroatoms. The average molecular weight is 589 g/mol. The van der Waals surface area contributed by atoms with Crippen molar-refractivity contribution in [3.8, 4) is 11.5 Å². The smallest absolute Gasteiger partial charge is 0.326 e. The van der Waals surface area contributed by atoms with Crippen LogP contribution in [-0.4, -0.2) is 74.0 Å². The number of nitrogens with one attached hydrogen (secondary N) is 1. The first-order chi connectivity index (χ1) is 18.5. The molecule has 4 atom stereocenters. The average Bonchev–Trinajstić information content (AvgIpc) is 3.35. The van der Waals surface area contributed by atoms with Gasteiger partial charge in [-0.1, -0.05) is 49.8 Å². The molecule has 39 heavy (non-hydrogen) atoms. The molecule has 1 aliphatic heterocycles. The molecule has 10 nitrogen and oxygen atoms in total. The SMILES string of the molecule is CC(=O)NC(CCSCC(N)C(=O)O)C(=O)O.CCCCCCCC[S+]([O-])C(C)Cc1ccc2c(c1)OCO2. The summed E-state index contributed by atoms with van der Waals surface area (Å²) in [5, 5.41) is 19.8. The second kappa shape index (κ2) is 19.8. The van der Waals surface area contributed by atoms with Crippen LogP contribution in [0.25, 0.3) is 0 Å². The molecule has 0 saturated carbocycles. The summed E-state index contributed by atoms with van der Waals surface area (Å²) in [5.74, 6) is 0.468. The van der Waals surface area contributed by atoms with Gasteiger partial charge in [0.25, 0.3) is 0 Å². The fraction of sp³-hybridized carbons (Fsp3) is 0.667. The second-order valence-corrected chi connectivity index (χ2v) is 12.6. The van der Waals surface area contributed by atoms with Gasteiger partial charge in [-0.15, -0.1) is 0 Å². The third-order valence-electron chi connectivity index (χ3n) is 5.95. The summed E-state index contributed by atoms with van der Waals surface area (Å²) in [6, 6.07) is 4.11. The van der Waals surface area contributed by atoms with Gasteiger partial charge in [0.05, 0.1) is 0 Å². The molecule has 0 aliphatic carbocycles. The minimum atomic E-state index is -1.11. The van der Waals surface area contributed by atoms with Crippen molar-refractivity contribution < 1.29 is 38.6 Å². The first-order valence-electron chi connectivity index (χ1n) is 13.4. The summed E-state index contributed by atoms with van der Waals surface area (Å²) in [5.41, 5.74) is 6.44. The Morgan fingerprint density at radius 1 is 1.10 bits per heavy atom. The van der Waals surface area contributed by atoms with E-state index in [4.69, 9.17) is 25.4 Å². The highest BCUT2D eigenvalue weighted by molar-refractivity contribution is 7.99. The van der Waals surface area contributed by atoms with Crippen LogP contribution in [0.15, 0.2) is 18.2 Å². The molecular formula is C27H44N2O8S2. The predicted molar refractivity (Wildman–Crippen MR) is 155 cm³/mol. The van der Waals surface area contributed by atoms with Gasteiger partial charge in [-0.2, -0.15) is 11.8 Å². The van der Waals surface area contributed by atoms with E-state index in [0.29, 0.717) is 12.5 Å². The number of fused-ring (bicyclic) bond motifs is 1. The van der Waals surface area contributed by atoms with Gasteiger partial charge in [-0.3, -0.25) is 9.59 Å². The normalized spacial score (nSPS) is 14.9. The minimum absolute atomic E-state index is 0.191.